The highest BCUT2D eigenvalue weighted by molar-refractivity contribution is 8.00. The molecule has 0 saturated carbocycles. The molecule has 0 spiro atoms. The number of carbonyl (C=O) groups excluding carboxylic acids is 2. The molecule has 132 valence electrons. The number of carbonyl (C=O) groups is 2. The SMILES string of the molecule is CCCCOC(=O)C1CSC(CC)N1C(=O)c1ccc(Cl)cc1Cl. The van der Waals surface area contributed by atoms with E-state index in [0.717, 1.165) is 19.3 Å². The number of halogens is 2. The van der Waals surface area contributed by atoms with Gasteiger partial charge in [-0.25, -0.2) is 4.79 Å². The van der Waals surface area contributed by atoms with Crippen LogP contribution in [0.5, 0.6) is 0 Å². The summed E-state index contributed by atoms with van der Waals surface area (Å²) in [4.78, 5) is 27.0. The highest BCUT2D eigenvalue weighted by Crippen LogP contribution is 2.34. The molecule has 0 bridgehead atoms. The minimum atomic E-state index is -0.573. The minimum Gasteiger partial charge on any atom is -0.464 e. The van der Waals surface area contributed by atoms with Crippen molar-refractivity contribution in [3.8, 4) is 0 Å². The molecule has 4 nitrogen and oxygen atoms in total. The van der Waals surface area contributed by atoms with Crippen LogP contribution in [-0.4, -0.2) is 40.6 Å². The van der Waals surface area contributed by atoms with E-state index >= 15 is 0 Å². The van der Waals surface area contributed by atoms with Crippen LogP contribution in [0.15, 0.2) is 18.2 Å². The van der Waals surface area contributed by atoms with Crippen LogP contribution in [0, 0.1) is 0 Å². The molecular weight excluding hydrogens is 369 g/mol. The van der Waals surface area contributed by atoms with Crippen molar-refractivity contribution >= 4 is 46.8 Å². The summed E-state index contributed by atoms with van der Waals surface area (Å²) >= 11 is 13.7. The van der Waals surface area contributed by atoms with E-state index in [9.17, 15) is 9.59 Å². The molecule has 2 atom stereocenters. The molecule has 24 heavy (non-hydrogen) atoms. The summed E-state index contributed by atoms with van der Waals surface area (Å²) in [6.07, 6.45) is 2.52. The summed E-state index contributed by atoms with van der Waals surface area (Å²) in [5.41, 5.74) is 0.355. The van der Waals surface area contributed by atoms with E-state index in [1.54, 1.807) is 28.8 Å². The summed E-state index contributed by atoms with van der Waals surface area (Å²) in [6.45, 7) is 4.41. The molecule has 1 saturated heterocycles. The predicted octanol–water partition coefficient (Wildman–Crippen LogP) is 4.63. The smallest absolute Gasteiger partial charge is 0.329 e. The van der Waals surface area contributed by atoms with Crippen LogP contribution in [0.25, 0.3) is 0 Å². The van der Waals surface area contributed by atoms with Gasteiger partial charge in [-0.2, -0.15) is 0 Å². The number of unbranched alkanes of at least 4 members (excludes halogenated alkanes) is 1. The summed E-state index contributed by atoms with van der Waals surface area (Å²) in [5, 5.41) is 0.695. The first kappa shape index (κ1) is 19.4. The van der Waals surface area contributed by atoms with E-state index < -0.39 is 6.04 Å². The lowest BCUT2D eigenvalue weighted by Gasteiger charge is -2.28. The van der Waals surface area contributed by atoms with Gasteiger partial charge >= 0.3 is 5.97 Å². The summed E-state index contributed by atoms with van der Waals surface area (Å²) < 4.78 is 5.32. The molecule has 0 radical (unpaired) electrons. The molecule has 2 unspecified atom stereocenters. The molecule has 2 rings (SSSR count). The fourth-order valence-electron chi connectivity index (χ4n) is 2.55. The molecule has 1 amide bonds. The van der Waals surface area contributed by atoms with Crippen molar-refractivity contribution in [2.24, 2.45) is 0 Å². The topological polar surface area (TPSA) is 46.6 Å². The zero-order valence-electron chi connectivity index (χ0n) is 13.8. The molecular formula is C17H21Cl2NO3S. The fourth-order valence-corrected chi connectivity index (χ4v) is 4.38. The molecule has 1 aliphatic heterocycles. The number of rotatable bonds is 6. The van der Waals surface area contributed by atoms with E-state index in [4.69, 9.17) is 27.9 Å². The lowest BCUT2D eigenvalue weighted by molar-refractivity contribution is -0.148. The van der Waals surface area contributed by atoms with Crippen molar-refractivity contribution in [1.29, 1.82) is 0 Å². The Balaban J connectivity index is 2.21. The Hall–Kier alpha value is -0.910. The molecule has 0 aliphatic carbocycles. The molecule has 1 aromatic rings. The van der Waals surface area contributed by atoms with Crippen molar-refractivity contribution < 1.29 is 14.3 Å². The minimum absolute atomic E-state index is 0.0621. The maximum absolute atomic E-state index is 13.0. The molecule has 7 heteroatoms. The van der Waals surface area contributed by atoms with Crippen LogP contribution in [0.2, 0.25) is 10.0 Å². The monoisotopic (exact) mass is 389 g/mol. The van der Waals surface area contributed by atoms with Crippen molar-refractivity contribution in [2.75, 3.05) is 12.4 Å². The number of thioether (sulfide) groups is 1. The summed E-state index contributed by atoms with van der Waals surface area (Å²) in [5.74, 6) is -0.0586. The van der Waals surface area contributed by atoms with Crippen molar-refractivity contribution in [3.63, 3.8) is 0 Å². The number of esters is 1. The number of nitrogens with zero attached hydrogens (tertiary/aromatic N) is 1. The van der Waals surface area contributed by atoms with Crippen LogP contribution >= 0.6 is 35.0 Å². The standard InChI is InChI=1S/C17H21Cl2NO3S/c1-3-5-8-23-17(22)14-10-24-15(4-2)20(14)16(21)12-7-6-11(18)9-13(12)19/h6-7,9,14-15H,3-5,8,10H2,1-2H3. The van der Waals surface area contributed by atoms with Crippen molar-refractivity contribution in [3.05, 3.63) is 33.8 Å². The van der Waals surface area contributed by atoms with Gasteiger partial charge in [-0.05, 0) is 31.0 Å². The normalized spacial score (nSPS) is 20.2. The van der Waals surface area contributed by atoms with Gasteiger partial charge in [0.15, 0.2) is 0 Å². The Morgan fingerprint density at radius 2 is 2.08 bits per heavy atom. The lowest BCUT2D eigenvalue weighted by atomic mass is 10.1. The molecule has 1 heterocycles. The largest absolute Gasteiger partial charge is 0.464 e. The number of hydrogen-bond acceptors (Lipinski definition) is 4. The molecule has 0 aromatic heterocycles. The van der Waals surface area contributed by atoms with E-state index in [1.165, 1.54) is 6.07 Å². The Morgan fingerprint density at radius 3 is 2.71 bits per heavy atom. The van der Waals surface area contributed by atoms with Crippen molar-refractivity contribution in [1.82, 2.24) is 4.90 Å². The van der Waals surface area contributed by atoms with Gasteiger partial charge in [0.05, 0.1) is 22.6 Å². The summed E-state index contributed by atoms with van der Waals surface area (Å²) in [6, 6.07) is 4.19. The first-order valence-corrected chi connectivity index (χ1v) is 9.86. The Labute approximate surface area is 156 Å². The maximum Gasteiger partial charge on any atom is 0.329 e. The van der Waals surface area contributed by atoms with Gasteiger partial charge in [0, 0.05) is 10.8 Å². The third kappa shape index (κ3) is 4.38. The first-order valence-electron chi connectivity index (χ1n) is 8.05. The first-order chi connectivity index (χ1) is 11.5. The highest BCUT2D eigenvalue weighted by atomic mass is 35.5. The van der Waals surface area contributed by atoms with E-state index in [-0.39, 0.29) is 22.3 Å². The second-order valence-electron chi connectivity index (χ2n) is 5.57. The fraction of sp³-hybridized carbons (Fsp3) is 0.529. The second kappa shape index (κ2) is 8.97. The van der Waals surface area contributed by atoms with Gasteiger partial charge in [-0.3, -0.25) is 4.79 Å². The predicted molar refractivity (Wildman–Crippen MR) is 98.8 cm³/mol. The van der Waals surface area contributed by atoms with Gasteiger partial charge in [-0.15, -0.1) is 11.8 Å². The van der Waals surface area contributed by atoms with E-state index in [2.05, 4.69) is 0 Å². The zero-order valence-corrected chi connectivity index (χ0v) is 16.1. The third-order valence-corrected chi connectivity index (χ3v) is 5.85. The van der Waals surface area contributed by atoms with E-state index in [0.29, 0.717) is 22.9 Å². The Kier molecular flexibility index (Phi) is 7.26. The van der Waals surface area contributed by atoms with Crippen LogP contribution in [0.4, 0.5) is 0 Å². The second-order valence-corrected chi connectivity index (χ2v) is 7.62. The van der Waals surface area contributed by atoms with Crippen LogP contribution < -0.4 is 0 Å². The van der Waals surface area contributed by atoms with Crippen LogP contribution in [0.1, 0.15) is 43.5 Å². The number of hydrogen-bond donors (Lipinski definition) is 0. The van der Waals surface area contributed by atoms with Gasteiger partial charge in [0.25, 0.3) is 5.91 Å². The Bertz CT molecular complexity index is 611. The van der Waals surface area contributed by atoms with Crippen molar-refractivity contribution in [2.45, 2.75) is 44.5 Å². The summed E-state index contributed by atoms with van der Waals surface area (Å²) in [7, 11) is 0. The lowest BCUT2D eigenvalue weighted by Crippen LogP contribution is -2.46. The van der Waals surface area contributed by atoms with Crippen LogP contribution in [0.3, 0.4) is 0 Å². The quantitative estimate of drug-likeness (QED) is 0.525. The molecule has 0 N–H and O–H groups in total. The van der Waals surface area contributed by atoms with Gasteiger partial charge in [-0.1, -0.05) is 43.5 Å². The van der Waals surface area contributed by atoms with Crippen LogP contribution in [-0.2, 0) is 9.53 Å². The van der Waals surface area contributed by atoms with Gasteiger partial charge < -0.3 is 9.64 Å². The maximum atomic E-state index is 13.0. The van der Waals surface area contributed by atoms with Gasteiger partial charge in [0.2, 0.25) is 0 Å². The van der Waals surface area contributed by atoms with Gasteiger partial charge in [0.1, 0.15) is 6.04 Å². The van der Waals surface area contributed by atoms with E-state index in [1.807, 2.05) is 13.8 Å². The molecule has 1 aliphatic rings. The third-order valence-electron chi connectivity index (χ3n) is 3.85. The number of benzene rings is 1. The molecule has 1 fully saturated rings. The average Bonchev–Trinajstić information content (AvgIpc) is 2.98. The Morgan fingerprint density at radius 1 is 1.33 bits per heavy atom. The highest BCUT2D eigenvalue weighted by Gasteiger charge is 2.42. The molecule has 1 aromatic carbocycles. The average molecular weight is 390 g/mol. The zero-order chi connectivity index (χ0) is 17.7. The number of ether oxygens (including phenoxy) is 1. The number of amides is 1.